The van der Waals surface area contributed by atoms with Crippen molar-refractivity contribution in [2.75, 3.05) is 13.2 Å². The SMILES string of the molecule is CC.CCc1c(C2COC2)nsc1C. The summed E-state index contributed by atoms with van der Waals surface area (Å²) in [5.74, 6) is 0.588. The molecule has 0 aliphatic carbocycles. The molecule has 2 rings (SSSR count). The maximum Gasteiger partial charge on any atom is 0.0653 e. The standard InChI is InChI=1S/C9H13NOS.C2H6/c1-3-8-6(2)12-10-9(8)7-4-11-5-7;1-2/h7H,3-5H2,1-2H3;1-2H3. The van der Waals surface area contributed by atoms with Gasteiger partial charge in [0.25, 0.3) is 0 Å². The predicted octanol–water partition coefficient (Wildman–Crippen LogP) is 3.15. The zero-order valence-electron chi connectivity index (χ0n) is 9.46. The highest BCUT2D eigenvalue weighted by atomic mass is 32.1. The van der Waals surface area contributed by atoms with Gasteiger partial charge in [-0.3, -0.25) is 0 Å². The summed E-state index contributed by atoms with van der Waals surface area (Å²) in [4.78, 5) is 1.37. The topological polar surface area (TPSA) is 22.1 Å². The quantitative estimate of drug-likeness (QED) is 0.753. The number of ether oxygens (including phenoxy) is 1. The summed E-state index contributed by atoms with van der Waals surface area (Å²) in [7, 11) is 0. The predicted molar refractivity (Wildman–Crippen MR) is 61.1 cm³/mol. The average Bonchev–Trinajstić information content (AvgIpc) is 2.48. The van der Waals surface area contributed by atoms with E-state index in [1.807, 2.05) is 13.8 Å². The molecule has 1 aliphatic rings. The van der Waals surface area contributed by atoms with Crippen LogP contribution >= 0.6 is 11.5 Å². The second-order valence-electron chi connectivity index (χ2n) is 3.19. The molecule has 0 bridgehead atoms. The fourth-order valence-electron chi connectivity index (χ4n) is 1.55. The Kier molecular flexibility index (Phi) is 4.55. The first-order valence-corrected chi connectivity index (χ1v) is 6.13. The first-order valence-electron chi connectivity index (χ1n) is 5.35. The minimum atomic E-state index is 0.588. The van der Waals surface area contributed by atoms with Crippen LogP contribution in [0.3, 0.4) is 0 Å². The molecule has 1 saturated heterocycles. The third-order valence-corrected chi connectivity index (χ3v) is 3.20. The zero-order chi connectivity index (χ0) is 10.6. The molecule has 0 saturated carbocycles. The average molecular weight is 213 g/mol. The van der Waals surface area contributed by atoms with Crippen LogP contribution in [0.25, 0.3) is 0 Å². The van der Waals surface area contributed by atoms with E-state index in [1.54, 1.807) is 11.5 Å². The summed E-state index contributed by atoms with van der Waals surface area (Å²) in [5, 5.41) is 0. The molecule has 0 spiro atoms. The van der Waals surface area contributed by atoms with E-state index in [4.69, 9.17) is 4.74 Å². The summed E-state index contributed by atoms with van der Waals surface area (Å²) < 4.78 is 9.63. The molecule has 3 heteroatoms. The van der Waals surface area contributed by atoms with Crippen LogP contribution in [0.15, 0.2) is 0 Å². The van der Waals surface area contributed by atoms with Gasteiger partial charge in [0, 0.05) is 10.8 Å². The van der Waals surface area contributed by atoms with Gasteiger partial charge in [0.15, 0.2) is 0 Å². The lowest BCUT2D eigenvalue weighted by Gasteiger charge is -2.25. The molecule has 1 aliphatic heterocycles. The lowest BCUT2D eigenvalue weighted by Crippen LogP contribution is -2.26. The van der Waals surface area contributed by atoms with Gasteiger partial charge in [-0.15, -0.1) is 0 Å². The molecule has 0 N–H and O–H groups in total. The van der Waals surface area contributed by atoms with E-state index in [2.05, 4.69) is 18.2 Å². The van der Waals surface area contributed by atoms with E-state index < -0.39 is 0 Å². The minimum Gasteiger partial charge on any atom is -0.380 e. The highest BCUT2D eigenvalue weighted by Gasteiger charge is 2.25. The molecule has 0 unspecified atom stereocenters. The Morgan fingerprint density at radius 2 is 2.07 bits per heavy atom. The van der Waals surface area contributed by atoms with E-state index in [0.29, 0.717) is 5.92 Å². The molecule has 1 fully saturated rings. The molecule has 0 radical (unpaired) electrons. The van der Waals surface area contributed by atoms with Crippen molar-refractivity contribution >= 4 is 11.5 Å². The Morgan fingerprint density at radius 1 is 1.43 bits per heavy atom. The lowest BCUT2D eigenvalue weighted by atomic mass is 9.98. The van der Waals surface area contributed by atoms with Gasteiger partial charge in [-0.05, 0) is 30.4 Å². The molecule has 2 heterocycles. The van der Waals surface area contributed by atoms with Crippen molar-refractivity contribution in [3.05, 3.63) is 16.1 Å². The summed E-state index contributed by atoms with van der Waals surface area (Å²) in [6, 6.07) is 0. The molecular formula is C11H19NOS. The normalized spacial score (nSPS) is 15.7. The van der Waals surface area contributed by atoms with Crippen LogP contribution in [0.2, 0.25) is 0 Å². The van der Waals surface area contributed by atoms with Gasteiger partial charge in [0.05, 0.1) is 18.9 Å². The first-order chi connectivity index (χ1) is 6.83. The van der Waals surface area contributed by atoms with Gasteiger partial charge in [-0.1, -0.05) is 20.8 Å². The molecular weight excluding hydrogens is 194 g/mol. The van der Waals surface area contributed by atoms with E-state index in [-0.39, 0.29) is 0 Å². The number of aryl methyl sites for hydroxylation is 1. The Balaban J connectivity index is 0.000000461. The molecule has 80 valence electrons. The maximum atomic E-state index is 5.16. The fraction of sp³-hybridized carbons (Fsp3) is 0.727. The second-order valence-corrected chi connectivity index (χ2v) is 4.17. The molecule has 0 atom stereocenters. The highest BCUT2D eigenvalue weighted by molar-refractivity contribution is 7.05. The van der Waals surface area contributed by atoms with E-state index in [1.165, 1.54) is 16.1 Å². The smallest absolute Gasteiger partial charge is 0.0653 e. The highest BCUT2D eigenvalue weighted by Crippen LogP contribution is 2.29. The number of hydrogen-bond donors (Lipinski definition) is 0. The number of nitrogens with zero attached hydrogens (tertiary/aromatic N) is 1. The van der Waals surface area contributed by atoms with Gasteiger partial charge in [-0.2, -0.15) is 4.37 Å². The summed E-state index contributed by atoms with van der Waals surface area (Å²) in [5.41, 5.74) is 2.75. The zero-order valence-corrected chi connectivity index (χ0v) is 10.3. The van der Waals surface area contributed by atoms with E-state index in [9.17, 15) is 0 Å². The van der Waals surface area contributed by atoms with E-state index in [0.717, 1.165) is 19.6 Å². The third kappa shape index (κ3) is 2.15. The Bertz CT molecular complexity index is 279. The fourth-order valence-corrected chi connectivity index (χ4v) is 2.41. The lowest BCUT2D eigenvalue weighted by molar-refractivity contribution is 0.00674. The number of rotatable bonds is 2. The van der Waals surface area contributed by atoms with Crippen molar-refractivity contribution in [1.29, 1.82) is 0 Å². The van der Waals surface area contributed by atoms with Crippen molar-refractivity contribution in [3.8, 4) is 0 Å². The van der Waals surface area contributed by atoms with Crippen molar-refractivity contribution in [2.24, 2.45) is 0 Å². The summed E-state index contributed by atoms with van der Waals surface area (Å²) in [6.45, 7) is 10.1. The third-order valence-electron chi connectivity index (χ3n) is 2.39. The monoisotopic (exact) mass is 213 g/mol. The number of aromatic nitrogens is 1. The van der Waals surface area contributed by atoms with Gasteiger partial charge < -0.3 is 4.74 Å². The molecule has 0 aromatic carbocycles. The van der Waals surface area contributed by atoms with E-state index >= 15 is 0 Å². The Morgan fingerprint density at radius 3 is 2.50 bits per heavy atom. The van der Waals surface area contributed by atoms with Crippen LogP contribution in [0, 0.1) is 6.92 Å². The van der Waals surface area contributed by atoms with Gasteiger partial charge >= 0.3 is 0 Å². The van der Waals surface area contributed by atoms with Crippen molar-refractivity contribution in [1.82, 2.24) is 4.37 Å². The van der Waals surface area contributed by atoms with Crippen LogP contribution in [0.4, 0.5) is 0 Å². The maximum absolute atomic E-state index is 5.16. The molecule has 14 heavy (non-hydrogen) atoms. The molecule has 1 aromatic rings. The van der Waals surface area contributed by atoms with Crippen LogP contribution in [0.5, 0.6) is 0 Å². The van der Waals surface area contributed by atoms with Crippen molar-refractivity contribution in [2.45, 2.75) is 40.0 Å². The summed E-state index contributed by atoms with van der Waals surface area (Å²) in [6.07, 6.45) is 1.11. The van der Waals surface area contributed by atoms with Gasteiger partial charge in [-0.25, -0.2) is 0 Å². The van der Waals surface area contributed by atoms with Crippen molar-refractivity contribution < 1.29 is 4.74 Å². The van der Waals surface area contributed by atoms with Gasteiger partial charge in [0.2, 0.25) is 0 Å². The Hall–Kier alpha value is -0.410. The van der Waals surface area contributed by atoms with Crippen LogP contribution in [0.1, 0.15) is 42.8 Å². The number of hydrogen-bond acceptors (Lipinski definition) is 3. The summed E-state index contributed by atoms with van der Waals surface area (Å²) >= 11 is 1.63. The largest absolute Gasteiger partial charge is 0.380 e. The first kappa shape index (κ1) is 11.7. The van der Waals surface area contributed by atoms with Gasteiger partial charge in [0.1, 0.15) is 0 Å². The van der Waals surface area contributed by atoms with Crippen LogP contribution in [-0.4, -0.2) is 17.6 Å². The second kappa shape index (κ2) is 5.47. The van der Waals surface area contributed by atoms with Crippen LogP contribution in [-0.2, 0) is 11.2 Å². The van der Waals surface area contributed by atoms with Crippen LogP contribution < -0.4 is 0 Å². The van der Waals surface area contributed by atoms with Crippen molar-refractivity contribution in [3.63, 3.8) is 0 Å². The molecule has 2 nitrogen and oxygen atoms in total. The Labute approximate surface area is 90.5 Å². The molecule has 1 aromatic heterocycles. The molecule has 0 amide bonds. The minimum absolute atomic E-state index is 0.588.